The highest BCUT2D eigenvalue weighted by Gasteiger charge is 2.30. The molecule has 2 fully saturated rings. The SMILES string of the molecule is CC1CN(CC2CCCN(S(C)(=O)=O)C2)CC(CN)O1. The Balaban J connectivity index is 1.89. The van der Waals surface area contributed by atoms with Crippen molar-refractivity contribution in [1.29, 1.82) is 0 Å². The predicted molar refractivity (Wildman–Crippen MR) is 79.0 cm³/mol. The van der Waals surface area contributed by atoms with Crippen LogP contribution < -0.4 is 5.73 Å². The zero-order valence-electron chi connectivity index (χ0n) is 12.5. The van der Waals surface area contributed by atoms with E-state index in [0.717, 1.165) is 32.5 Å². The summed E-state index contributed by atoms with van der Waals surface area (Å²) in [6, 6.07) is 0. The highest BCUT2D eigenvalue weighted by atomic mass is 32.2. The van der Waals surface area contributed by atoms with Crippen LogP contribution >= 0.6 is 0 Å². The molecular formula is C13H27N3O3S. The molecule has 0 radical (unpaired) electrons. The number of hydrogen-bond acceptors (Lipinski definition) is 5. The highest BCUT2D eigenvalue weighted by molar-refractivity contribution is 7.88. The average molecular weight is 305 g/mol. The number of nitrogens with two attached hydrogens (primary N) is 1. The average Bonchev–Trinajstić information content (AvgIpc) is 2.37. The minimum Gasteiger partial charge on any atom is -0.371 e. The molecular weight excluding hydrogens is 278 g/mol. The van der Waals surface area contributed by atoms with Crippen LogP contribution in [0.25, 0.3) is 0 Å². The molecule has 0 amide bonds. The Morgan fingerprint density at radius 2 is 2.05 bits per heavy atom. The lowest BCUT2D eigenvalue weighted by Gasteiger charge is -2.40. The van der Waals surface area contributed by atoms with Crippen LogP contribution in [0.3, 0.4) is 0 Å². The maximum absolute atomic E-state index is 11.7. The molecule has 0 saturated carbocycles. The van der Waals surface area contributed by atoms with E-state index in [-0.39, 0.29) is 12.2 Å². The van der Waals surface area contributed by atoms with Crippen molar-refractivity contribution in [1.82, 2.24) is 9.21 Å². The van der Waals surface area contributed by atoms with Gasteiger partial charge < -0.3 is 10.5 Å². The molecule has 2 saturated heterocycles. The molecule has 6 nitrogen and oxygen atoms in total. The van der Waals surface area contributed by atoms with E-state index in [1.165, 1.54) is 6.26 Å². The van der Waals surface area contributed by atoms with E-state index in [2.05, 4.69) is 11.8 Å². The van der Waals surface area contributed by atoms with Gasteiger partial charge in [0.15, 0.2) is 0 Å². The van der Waals surface area contributed by atoms with Gasteiger partial charge in [-0.15, -0.1) is 0 Å². The van der Waals surface area contributed by atoms with Crippen LogP contribution in [0.2, 0.25) is 0 Å². The normalized spacial score (nSPS) is 34.2. The molecule has 0 aromatic carbocycles. The first-order valence-electron chi connectivity index (χ1n) is 7.41. The molecule has 2 aliphatic heterocycles. The Kier molecular flexibility index (Phi) is 5.42. The summed E-state index contributed by atoms with van der Waals surface area (Å²) in [5.74, 6) is 0.419. The van der Waals surface area contributed by atoms with Crippen LogP contribution in [0.5, 0.6) is 0 Å². The number of morpholine rings is 1. The second kappa shape index (κ2) is 6.70. The molecule has 0 aromatic heterocycles. The van der Waals surface area contributed by atoms with Gasteiger partial charge in [0.05, 0.1) is 18.5 Å². The molecule has 7 heteroatoms. The smallest absolute Gasteiger partial charge is 0.211 e. The summed E-state index contributed by atoms with van der Waals surface area (Å²) < 4.78 is 30.7. The van der Waals surface area contributed by atoms with Gasteiger partial charge in [0.2, 0.25) is 10.0 Å². The number of nitrogens with zero attached hydrogens (tertiary/aromatic N) is 2. The van der Waals surface area contributed by atoms with Crippen molar-refractivity contribution in [3.63, 3.8) is 0 Å². The molecule has 20 heavy (non-hydrogen) atoms. The largest absolute Gasteiger partial charge is 0.371 e. The minimum absolute atomic E-state index is 0.105. The van der Waals surface area contributed by atoms with Gasteiger partial charge in [-0.3, -0.25) is 4.90 Å². The van der Waals surface area contributed by atoms with Crippen LogP contribution in [0.15, 0.2) is 0 Å². The van der Waals surface area contributed by atoms with Gasteiger partial charge in [0.25, 0.3) is 0 Å². The zero-order chi connectivity index (χ0) is 14.8. The first-order chi connectivity index (χ1) is 9.38. The Morgan fingerprint density at radius 1 is 1.30 bits per heavy atom. The third-order valence-corrected chi connectivity index (χ3v) is 5.40. The van der Waals surface area contributed by atoms with E-state index in [4.69, 9.17) is 10.5 Å². The molecule has 2 heterocycles. The summed E-state index contributed by atoms with van der Waals surface area (Å²) in [7, 11) is -3.06. The van der Waals surface area contributed by atoms with Gasteiger partial charge >= 0.3 is 0 Å². The molecule has 2 N–H and O–H groups in total. The van der Waals surface area contributed by atoms with E-state index in [9.17, 15) is 8.42 Å². The van der Waals surface area contributed by atoms with Crippen molar-refractivity contribution >= 4 is 10.0 Å². The number of hydrogen-bond donors (Lipinski definition) is 1. The zero-order valence-corrected chi connectivity index (χ0v) is 13.3. The fourth-order valence-corrected chi connectivity index (χ4v) is 4.20. The van der Waals surface area contributed by atoms with E-state index >= 15 is 0 Å². The van der Waals surface area contributed by atoms with Gasteiger partial charge in [-0.25, -0.2) is 12.7 Å². The summed E-state index contributed by atoms with van der Waals surface area (Å²) in [5, 5.41) is 0. The molecule has 0 aliphatic carbocycles. The standard InChI is InChI=1S/C13H27N3O3S/c1-11-7-15(10-13(6-14)19-11)8-12-4-3-5-16(9-12)20(2,17)18/h11-13H,3-10,14H2,1-2H3. The van der Waals surface area contributed by atoms with Crippen molar-refractivity contribution in [2.45, 2.75) is 32.0 Å². The lowest BCUT2D eigenvalue weighted by atomic mass is 9.98. The summed E-state index contributed by atoms with van der Waals surface area (Å²) in [6.45, 7) is 6.63. The molecule has 3 atom stereocenters. The summed E-state index contributed by atoms with van der Waals surface area (Å²) in [5.41, 5.74) is 5.70. The quantitative estimate of drug-likeness (QED) is 0.772. The monoisotopic (exact) mass is 305 g/mol. The first-order valence-corrected chi connectivity index (χ1v) is 9.26. The van der Waals surface area contributed by atoms with Crippen LogP contribution in [0.4, 0.5) is 0 Å². The van der Waals surface area contributed by atoms with Gasteiger partial charge in [-0.05, 0) is 25.7 Å². The second-order valence-electron chi connectivity index (χ2n) is 6.15. The number of sulfonamides is 1. The summed E-state index contributed by atoms with van der Waals surface area (Å²) >= 11 is 0. The third kappa shape index (κ3) is 4.39. The highest BCUT2D eigenvalue weighted by Crippen LogP contribution is 2.21. The van der Waals surface area contributed by atoms with Gasteiger partial charge in [0.1, 0.15) is 0 Å². The topological polar surface area (TPSA) is 75.9 Å². The fourth-order valence-electron chi connectivity index (χ4n) is 3.26. The third-order valence-electron chi connectivity index (χ3n) is 4.13. The van der Waals surface area contributed by atoms with Crippen molar-refractivity contribution in [3.8, 4) is 0 Å². The lowest BCUT2D eigenvalue weighted by Crippen LogP contribution is -2.52. The number of ether oxygens (including phenoxy) is 1. The molecule has 0 bridgehead atoms. The molecule has 0 spiro atoms. The van der Waals surface area contributed by atoms with Crippen molar-refractivity contribution in [3.05, 3.63) is 0 Å². The minimum atomic E-state index is -3.06. The van der Waals surface area contributed by atoms with Crippen LogP contribution in [0.1, 0.15) is 19.8 Å². The first kappa shape index (κ1) is 16.2. The van der Waals surface area contributed by atoms with E-state index in [0.29, 0.717) is 25.6 Å². The molecule has 118 valence electrons. The summed E-state index contributed by atoms with van der Waals surface area (Å²) in [4.78, 5) is 2.38. The van der Waals surface area contributed by atoms with E-state index < -0.39 is 10.0 Å². The van der Waals surface area contributed by atoms with Crippen LogP contribution in [-0.4, -0.2) is 75.4 Å². The van der Waals surface area contributed by atoms with Crippen LogP contribution in [0, 0.1) is 5.92 Å². The fraction of sp³-hybridized carbons (Fsp3) is 1.00. The van der Waals surface area contributed by atoms with Crippen molar-refractivity contribution < 1.29 is 13.2 Å². The van der Waals surface area contributed by atoms with E-state index in [1.807, 2.05) is 0 Å². The summed E-state index contributed by atoms with van der Waals surface area (Å²) in [6.07, 6.45) is 3.67. The molecule has 0 aromatic rings. The van der Waals surface area contributed by atoms with Gasteiger partial charge in [-0.2, -0.15) is 0 Å². The predicted octanol–water partition coefficient (Wildman–Crippen LogP) is -0.294. The molecule has 3 unspecified atom stereocenters. The van der Waals surface area contributed by atoms with Crippen molar-refractivity contribution in [2.75, 3.05) is 45.5 Å². The van der Waals surface area contributed by atoms with E-state index in [1.54, 1.807) is 4.31 Å². The maximum atomic E-state index is 11.7. The Bertz CT molecular complexity index is 415. The van der Waals surface area contributed by atoms with Crippen LogP contribution in [-0.2, 0) is 14.8 Å². The maximum Gasteiger partial charge on any atom is 0.211 e. The molecule has 2 rings (SSSR count). The van der Waals surface area contributed by atoms with Gasteiger partial charge in [0, 0.05) is 39.3 Å². The number of piperidine rings is 1. The second-order valence-corrected chi connectivity index (χ2v) is 8.13. The van der Waals surface area contributed by atoms with Gasteiger partial charge in [-0.1, -0.05) is 0 Å². The lowest BCUT2D eigenvalue weighted by molar-refractivity contribution is -0.0766. The Morgan fingerprint density at radius 3 is 2.70 bits per heavy atom. The van der Waals surface area contributed by atoms with Crippen molar-refractivity contribution in [2.24, 2.45) is 11.7 Å². The Hall–Kier alpha value is -0.210. The Labute approximate surface area is 122 Å². The molecule has 2 aliphatic rings. The number of rotatable bonds is 4.